The van der Waals surface area contributed by atoms with Gasteiger partial charge in [-0.1, -0.05) is 17.7 Å². The van der Waals surface area contributed by atoms with E-state index < -0.39 is 0 Å². The predicted molar refractivity (Wildman–Crippen MR) is 73.3 cm³/mol. The molecule has 2 rings (SSSR count). The van der Waals surface area contributed by atoms with Gasteiger partial charge in [-0.25, -0.2) is 4.79 Å². The summed E-state index contributed by atoms with van der Waals surface area (Å²) in [7, 11) is 0. The molecule has 3 nitrogen and oxygen atoms in total. The summed E-state index contributed by atoms with van der Waals surface area (Å²) in [4.78, 5) is 12.7. The number of carbonyl (C=O) groups is 1. The first-order chi connectivity index (χ1) is 8.65. The molecule has 0 unspecified atom stereocenters. The van der Waals surface area contributed by atoms with Crippen LogP contribution in [0.1, 0.15) is 31.6 Å². The van der Waals surface area contributed by atoms with Crippen LogP contribution in [0.4, 0.5) is 4.79 Å². The maximum atomic E-state index is 11.6. The fourth-order valence-electron chi connectivity index (χ4n) is 1.90. The molecule has 0 aliphatic heterocycles. The van der Waals surface area contributed by atoms with E-state index in [2.05, 4.69) is 18.3 Å². The zero-order valence-electron chi connectivity index (χ0n) is 10.7. The SMILES string of the molecule is CC1=CC(C)=C(NC(=O)OCc2cccs2)CC1. The number of alkyl carbamates (subject to hydrolysis) is 1. The van der Waals surface area contributed by atoms with E-state index in [0.717, 1.165) is 29.0 Å². The first-order valence-corrected chi connectivity index (χ1v) is 6.86. The van der Waals surface area contributed by atoms with E-state index in [1.165, 1.54) is 5.57 Å². The monoisotopic (exact) mass is 263 g/mol. The highest BCUT2D eigenvalue weighted by Gasteiger charge is 2.12. The van der Waals surface area contributed by atoms with E-state index >= 15 is 0 Å². The summed E-state index contributed by atoms with van der Waals surface area (Å²) in [5, 5.41) is 4.80. The van der Waals surface area contributed by atoms with Gasteiger partial charge in [0.2, 0.25) is 0 Å². The van der Waals surface area contributed by atoms with Crippen LogP contribution in [0.5, 0.6) is 0 Å². The summed E-state index contributed by atoms with van der Waals surface area (Å²) in [6.07, 6.45) is 3.61. The maximum Gasteiger partial charge on any atom is 0.411 e. The summed E-state index contributed by atoms with van der Waals surface area (Å²) in [6.45, 7) is 4.46. The van der Waals surface area contributed by atoms with Gasteiger partial charge >= 0.3 is 6.09 Å². The number of hydrogen-bond donors (Lipinski definition) is 1. The quantitative estimate of drug-likeness (QED) is 0.895. The molecular weight excluding hydrogens is 246 g/mol. The van der Waals surface area contributed by atoms with Crippen LogP contribution >= 0.6 is 11.3 Å². The van der Waals surface area contributed by atoms with Crippen LogP contribution in [-0.2, 0) is 11.3 Å². The molecule has 1 aliphatic carbocycles. The highest BCUT2D eigenvalue weighted by atomic mass is 32.1. The van der Waals surface area contributed by atoms with Crippen molar-refractivity contribution in [2.75, 3.05) is 0 Å². The minimum Gasteiger partial charge on any atom is -0.444 e. The Morgan fingerprint density at radius 1 is 1.44 bits per heavy atom. The van der Waals surface area contributed by atoms with Crippen molar-refractivity contribution in [2.24, 2.45) is 0 Å². The fourth-order valence-corrected chi connectivity index (χ4v) is 2.52. The average Bonchev–Trinajstić information content (AvgIpc) is 2.83. The Morgan fingerprint density at radius 2 is 2.28 bits per heavy atom. The Kier molecular flexibility index (Phi) is 4.20. The molecule has 0 fully saturated rings. The third kappa shape index (κ3) is 3.47. The molecule has 1 aromatic heterocycles. The highest BCUT2D eigenvalue weighted by molar-refractivity contribution is 7.09. The highest BCUT2D eigenvalue weighted by Crippen LogP contribution is 2.21. The predicted octanol–water partition coefficient (Wildman–Crippen LogP) is 3.99. The number of amides is 1. The van der Waals surface area contributed by atoms with Crippen molar-refractivity contribution in [3.8, 4) is 0 Å². The first-order valence-electron chi connectivity index (χ1n) is 5.98. The second-order valence-electron chi connectivity index (χ2n) is 4.43. The van der Waals surface area contributed by atoms with Crippen molar-refractivity contribution in [2.45, 2.75) is 33.3 Å². The number of thiophene rings is 1. The Balaban J connectivity index is 1.86. The number of carbonyl (C=O) groups excluding carboxylic acids is 1. The molecular formula is C14H17NO2S. The fraction of sp³-hybridized carbons (Fsp3) is 0.357. The van der Waals surface area contributed by atoms with Gasteiger partial charge in [-0.2, -0.15) is 0 Å². The second kappa shape index (κ2) is 5.87. The van der Waals surface area contributed by atoms with Crippen LogP contribution in [0.3, 0.4) is 0 Å². The molecule has 0 aromatic carbocycles. The Bertz CT molecular complexity index is 486. The molecule has 1 aromatic rings. The molecule has 0 saturated carbocycles. The van der Waals surface area contributed by atoms with Crippen molar-refractivity contribution >= 4 is 17.4 Å². The van der Waals surface area contributed by atoms with Gasteiger partial charge in [0.25, 0.3) is 0 Å². The van der Waals surface area contributed by atoms with Crippen molar-refractivity contribution in [1.29, 1.82) is 0 Å². The third-order valence-corrected chi connectivity index (χ3v) is 3.74. The van der Waals surface area contributed by atoms with Crippen molar-refractivity contribution in [3.63, 3.8) is 0 Å². The molecule has 1 heterocycles. The second-order valence-corrected chi connectivity index (χ2v) is 5.46. The van der Waals surface area contributed by atoms with E-state index in [0.29, 0.717) is 6.61 Å². The minimum absolute atomic E-state index is 0.338. The molecule has 0 bridgehead atoms. The maximum absolute atomic E-state index is 11.6. The van der Waals surface area contributed by atoms with Crippen LogP contribution in [-0.4, -0.2) is 6.09 Å². The molecule has 96 valence electrons. The Morgan fingerprint density at radius 3 is 2.94 bits per heavy atom. The third-order valence-electron chi connectivity index (χ3n) is 2.89. The van der Waals surface area contributed by atoms with Gasteiger partial charge in [-0.05, 0) is 43.7 Å². The standard InChI is InChI=1S/C14H17NO2S/c1-10-5-6-13(11(2)8-10)15-14(16)17-9-12-4-3-7-18-12/h3-4,7-8H,5-6,9H2,1-2H3,(H,15,16). The lowest BCUT2D eigenvalue weighted by atomic mass is 9.99. The molecule has 1 aliphatic rings. The molecule has 0 spiro atoms. The van der Waals surface area contributed by atoms with Gasteiger partial charge in [0, 0.05) is 10.6 Å². The van der Waals surface area contributed by atoms with Gasteiger partial charge in [0.1, 0.15) is 6.61 Å². The van der Waals surface area contributed by atoms with Gasteiger partial charge in [-0.3, -0.25) is 5.32 Å². The van der Waals surface area contributed by atoms with Crippen LogP contribution in [0.2, 0.25) is 0 Å². The molecule has 0 saturated heterocycles. The van der Waals surface area contributed by atoms with E-state index in [1.807, 2.05) is 24.4 Å². The van der Waals surface area contributed by atoms with Crippen LogP contribution in [0.15, 0.2) is 40.4 Å². The summed E-state index contributed by atoms with van der Waals surface area (Å²) < 4.78 is 5.17. The summed E-state index contributed by atoms with van der Waals surface area (Å²) >= 11 is 1.59. The molecule has 0 radical (unpaired) electrons. The van der Waals surface area contributed by atoms with Crippen LogP contribution in [0, 0.1) is 0 Å². The average molecular weight is 263 g/mol. The van der Waals surface area contributed by atoms with Crippen LogP contribution < -0.4 is 5.32 Å². The molecule has 0 atom stereocenters. The summed E-state index contributed by atoms with van der Waals surface area (Å²) in [5.74, 6) is 0. The van der Waals surface area contributed by atoms with E-state index in [4.69, 9.17) is 4.74 Å². The molecule has 1 N–H and O–H groups in total. The number of ether oxygens (including phenoxy) is 1. The number of hydrogen-bond acceptors (Lipinski definition) is 3. The van der Waals surface area contributed by atoms with E-state index in [9.17, 15) is 4.79 Å². The molecule has 18 heavy (non-hydrogen) atoms. The number of rotatable bonds is 3. The topological polar surface area (TPSA) is 38.3 Å². The lowest BCUT2D eigenvalue weighted by Crippen LogP contribution is -2.25. The van der Waals surface area contributed by atoms with Gasteiger partial charge in [0.15, 0.2) is 0 Å². The van der Waals surface area contributed by atoms with E-state index in [-0.39, 0.29) is 6.09 Å². The Hall–Kier alpha value is -1.55. The zero-order valence-corrected chi connectivity index (χ0v) is 11.5. The van der Waals surface area contributed by atoms with Gasteiger partial charge < -0.3 is 4.74 Å². The van der Waals surface area contributed by atoms with E-state index in [1.54, 1.807) is 11.3 Å². The lowest BCUT2D eigenvalue weighted by molar-refractivity contribution is 0.143. The van der Waals surface area contributed by atoms with Crippen molar-refractivity contribution < 1.29 is 9.53 Å². The molecule has 4 heteroatoms. The largest absolute Gasteiger partial charge is 0.444 e. The zero-order chi connectivity index (χ0) is 13.0. The number of allylic oxidation sites excluding steroid dienone is 4. The van der Waals surface area contributed by atoms with Crippen molar-refractivity contribution in [1.82, 2.24) is 5.32 Å². The van der Waals surface area contributed by atoms with Gasteiger partial charge in [-0.15, -0.1) is 11.3 Å². The molecule has 1 amide bonds. The van der Waals surface area contributed by atoms with Crippen molar-refractivity contribution in [3.05, 3.63) is 45.3 Å². The van der Waals surface area contributed by atoms with Crippen LogP contribution in [0.25, 0.3) is 0 Å². The lowest BCUT2D eigenvalue weighted by Gasteiger charge is -2.17. The minimum atomic E-state index is -0.370. The normalized spacial score (nSPS) is 15.3. The Labute approximate surface area is 111 Å². The number of nitrogens with one attached hydrogen (secondary N) is 1. The van der Waals surface area contributed by atoms with Gasteiger partial charge in [0.05, 0.1) is 0 Å². The first kappa shape index (κ1) is 12.9. The smallest absolute Gasteiger partial charge is 0.411 e. The summed E-state index contributed by atoms with van der Waals surface area (Å²) in [5.41, 5.74) is 3.44. The summed E-state index contributed by atoms with van der Waals surface area (Å²) in [6, 6.07) is 3.90.